The summed E-state index contributed by atoms with van der Waals surface area (Å²) >= 11 is 0. The summed E-state index contributed by atoms with van der Waals surface area (Å²) in [6, 6.07) is 0.600. The Kier molecular flexibility index (Phi) is 3.09. The third-order valence-electron chi connectivity index (χ3n) is 5.45. The maximum atomic E-state index is 5.90. The molecule has 5 heteroatoms. The molecule has 0 amide bonds. The van der Waals surface area contributed by atoms with E-state index in [1.165, 1.54) is 56.6 Å². The molecule has 0 unspecified atom stereocenters. The fraction of sp³-hybridized carbons (Fsp3) is 0.800. The van der Waals surface area contributed by atoms with Crippen molar-refractivity contribution in [3.63, 3.8) is 0 Å². The Labute approximate surface area is 120 Å². The summed E-state index contributed by atoms with van der Waals surface area (Å²) in [5.41, 5.74) is 9.20. The monoisotopic (exact) mass is 275 g/mol. The van der Waals surface area contributed by atoms with E-state index in [-0.39, 0.29) is 0 Å². The minimum Gasteiger partial charge on any atom is -0.330 e. The maximum absolute atomic E-state index is 5.90. The number of piperidine rings is 1. The van der Waals surface area contributed by atoms with Gasteiger partial charge in [-0.05, 0) is 37.6 Å². The van der Waals surface area contributed by atoms with Gasteiger partial charge in [-0.2, -0.15) is 5.10 Å². The first kappa shape index (κ1) is 12.8. The van der Waals surface area contributed by atoms with Crippen LogP contribution in [-0.2, 0) is 13.1 Å². The first-order valence-corrected chi connectivity index (χ1v) is 7.98. The highest BCUT2D eigenvalue weighted by Crippen LogP contribution is 2.45. The number of likely N-dealkylation sites (tertiary alicyclic amines) is 1. The van der Waals surface area contributed by atoms with Crippen molar-refractivity contribution in [2.45, 2.75) is 44.8 Å². The van der Waals surface area contributed by atoms with E-state index in [2.05, 4.69) is 26.2 Å². The summed E-state index contributed by atoms with van der Waals surface area (Å²) in [6.45, 7) is 6.47. The molecular weight excluding hydrogens is 250 g/mol. The molecule has 1 aromatic heterocycles. The summed E-state index contributed by atoms with van der Waals surface area (Å²) in [4.78, 5) is 2.62. The fourth-order valence-electron chi connectivity index (χ4n) is 3.80. The predicted octanol–water partition coefficient (Wildman–Crippen LogP) is 0.862. The van der Waals surface area contributed by atoms with Crippen LogP contribution in [0, 0.1) is 5.41 Å². The highest BCUT2D eigenvalue weighted by molar-refractivity contribution is 5.22. The zero-order chi connectivity index (χ0) is 13.6. The SMILES string of the molecule is NCC1(CN2CCC(n3ncc4c3CNC4)CC2)CC1. The van der Waals surface area contributed by atoms with Crippen molar-refractivity contribution < 1.29 is 0 Å². The molecule has 0 radical (unpaired) electrons. The highest BCUT2D eigenvalue weighted by atomic mass is 15.3. The molecule has 110 valence electrons. The van der Waals surface area contributed by atoms with Gasteiger partial charge >= 0.3 is 0 Å². The van der Waals surface area contributed by atoms with Gasteiger partial charge in [0.05, 0.1) is 17.9 Å². The molecule has 0 atom stereocenters. The minimum absolute atomic E-state index is 0.476. The summed E-state index contributed by atoms with van der Waals surface area (Å²) < 4.78 is 2.29. The molecule has 2 fully saturated rings. The van der Waals surface area contributed by atoms with E-state index in [4.69, 9.17) is 5.73 Å². The third kappa shape index (κ3) is 2.18. The van der Waals surface area contributed by atoms with Gasteiger partial charge in [-0.15, -0.1) is 0 Å². The number of rotatable bonds is 4. The van der Waals surface area contributed by atoms with E-state index < -0.39 is 0 Å². The van der Waals surface area contributed by atoms with Gasteiger partial charge in [-0.25, -0.2) is 0 Å². The van der Waals surface area contributed by atoms with Gasteiger partial charge in [0, 0.05) is 38.3 Å². The molecule has 2 aliphatic heterocycles. The van der Waals surface area contributed by atoms with Crippen LogP contribution in [-0.4, -0.2) is 40.9 Å². The van der Waals surface area contributed by atoms with E-state index in [0.717, 1.165) is 19.6 Å². The van der Waals surface area contributed by atoms with Gasteiger partial charge in [0.1, 0.15) is 0 Å². The summed E-state index contributed by atoms with van der Waals surface area (Å²) in [6.07, 6.45) is 7.18. The molecule has 5 nitrogen and oxygen atoms in total. The van der Waals surface area contributed by atoms with Gasteiger partial charge in [-0.3, -0.25) is 4.68 Å². The Morgan fingerprint density at radius 2 is 2.10 bits per heavy atom. The summed E-state index contributed by atoms with van der Waals surface area (Å²) in [5.74, 6) is 0. The van der Waals surface area contributed by atoms with Gasteiger partial charge in [0.2, 0.25) is 0 Å². The molecule has 3 aliphatic rings. The second kappa shape index (κ2) is 4.83. The van der Waals surface area contributed by atoms with Crippen LogP contribution in [0.2, 0.25) is 0 Å². The molecule has 3 heterocycles. The Balaban J connectivity index is 1.37. The lowest BCUT2D eigenvalue weighted by Crippen LogP contribution is -2.40. The van der Waals surface area contributed by atoms with Crippen LogP contribution < -0.4 is 11.1 Å². The lowest BCUT2D eigenvalue weighted by molar-refractivity contribution is 0.151. The Bertz CT molecular complexity index is 482. The van der Waals surface area contributed by atoms with Crippen molar-refractivity contribution in [1.82, 2.24) is 20.0 Å². The Morgan fingerprint density at radius 3 is 2.80 bits per heavy atom. The summed E-state index contributed by atoms with van der Waals surface area (Å²) in [5, 5.41) is 8.05. The van der Waals surface area contributed by atoms with Crippen molar-refractivity contribution in [3.8, 4) is 0 Å². The highest BCUT2D eigenvalue weighted by Gasteiger charge is 2.43. The minimum atomic E-state index is 0.476. The van der Waals surface area contributed by atoms with Gasteiger partial charge in [0.25, 0.3) is 0 Å². The van der Waals surface area contributed by atoms with Crippen LogP contribution in [0.1, 0.15) is 43.0 Å². The van der Waals surface area contributed by atoms with Crippen LogP contribution in [0.3, 0.4) is 0 Å². The van der Waals surface area contributed by atoms with Gasteiger partial charge < -0.3 is 16.0 Å². The van der Waals surface area contributed by atoms with Crippen molar-refractivity contribution in [3.05, 3.63) is 17.5 Å². The molecule has 0 bridgehead atoms. The lowest BCUT2D eigenvalue weighted by Gasteiger charge is -2.34. The van der Waals surface area contributed by atoms with E-state index in [1.54, 1.807) is 0 Å². The number of fused-ring (bicyclic) bond motifs is 1. The van der Waals surface area contributed by atoms with Gasteiger partial charge in [0.15, 0.2) is 0 Å². The van der Waals surface area contributed by atoms with E-state index in [0.29, 0.717) is 11.5 Å². The molecule has 4 rings (SSSR count). The van der Waals surface area contributed by atoms with E-state index in [9.17, 15) is 0 Å². The molecule has 3 N–H and O–H groups in total. The van der Waals surface area contributed by atoms with E-state index in [1.807, 2.05) is 0 Å². The first-order valence-electron chi connectivity index (χ1n) is 7.98. The number of hydrogen-bond donors (Lipinski definition) is 2. The van der Waals surface area contributed by atoms with Crippen LogP contribution in [0.15, 0.2) is 6.20 Å². The predicted molar refractivity (Wildman–Crippen MR) is 78.2 cm³/mol. The van der Waals surface area contributed by atoms with Gasteiger partial charge in [-0.1, -0.05) is 0 Å². The smallest absolute Gasteiger partial charge is 0.0570 e. The lowest BCUT2D eigenvalue weighted by atomic mass is 10.0. The largest absolute Gasteiger partial charge is 0.330 e. The van der Waals surface area contributed by atoms with Crippen molar-refractivity contribution in [2.24, 2.45) is 11.1 Å². The van der Waals surface area contributed by atoms with Crippen LogP contribution in [0.4, 0.5) is 0 Å². The average Bonchev–Trinajstić information content (AvgIpc) is 2.92. The van der Waals surface area contributed by atoms with Crippen molar-refractivity contribution in [2.75, 3.05) is 26.2 Å². The normalized spacial score (nSPS) is 25.9. The van der Waals surface area contributed by atoms with Crippen LogP contribution in [0.25, 0.3) is 0 Å². The fourth-order valence-corrected chi connectivity index (χ4v) is 3.80. The molecule has 0 aromatic carbocycles. The second-order valence-electron chi connectivity index (χ2n) is 6.88. The van der Waals surface area contributed by atoms with Crippen molar-refractivity contribution in [1.29, 1.82) is 0 Å². The number of nitrogens with one attached hydrogen (secondary N) is 1. The second-order valence-corrected chi connectivity index (χ2v) is 6.88. The quantitative estimate of drug-likeness (QED) is 0.856. The van der Waals surface area contributed by atoms with Crippen LogP contribution >= 0.6 is 0 Å². The zero-order valence-corrected chi connectivity index (χ0v) is 12.1. The molecule has 20 heavy (non-hydrogen) atoms. The average molecular weight is 275 g/mol. The zero-order valence-electron chi connectivity index (χ0n) is 12.1. The molecule has 0 spiro atoms. The first-order chi connectivity index (χ1) is 9.80. The standard InChI is InChI=1S/C15H25N5/c16-10-15(3-4-15)11-19-5-1-13(2-6-19)20-14-9-17-7-12(14)8-18-20/h8,13,17H,1-7,9-11,16H2. The van der Waals surface area contributed by atoms with Crippen molar-refractivity contribution >= 4 is 0 Å². The topological polar surface area (TPSA) is 59.1 Å². The molecular formula is C15H25N5. The summed E-state index contributed by atoms with van der Waals surface area (Å²) in [7, 11) is 0. The number of nitrogens with zero attached hydrogens (tertiary/aromatic N) is 3. The molecule has 1 saturated carbocycles. The third-order valence-corrected chi connectivity index (χ3v) is 5.45. The van der Waals surface area contributed by atoms with E-state index >= 15 is 0 Å². The molecule has 1 aromatic rings. The molecule has 1 aliphatic carbocycles. The Hall–Kier alpha value is -0.910. The number of hydrogen-bond acceptors (Lipinski definition) is 4. The molecule has 1 saturated heterocycles. The van der Waals surface area contributed by atoms with Crippen LogP contribution in [0.5, 0.6) is 0 Å². The number of nitrogens with two attached hydrogens (primary N) is 1. The Morgan fingerprint density at radius 1 is 1.30 bits per heavy atom. The maximum Gasteiger partial charge on any atom is 0.0570 e. The number of aromatic nitrogens is 2.